The van der Waals surface area contributed by atoms with Gasteiger partial charge in [-0.25, -0.2) is 9.97 Å². The Morgan fingerprint density at radius 1 is 0.955 bits per heavy atom. The molecule has 1 aromatic heterocycles. The first-order valence-corrected chi connectivity index (χ1v) is 17.2. The largest absolute Gasteiger partial charge is 0.416 e. The van der Waals surface area contributed by atoms with E-state index in [2.05, 4.69) is 97.4 Å². The normalized spacial score (nSPS) is 22.5. The smallest absolute Gasteiger partial charge is 0.400 e. The number of benzene rings is 3. The predicted molar refractivity (Wildman–Crippen MR) is 169 cm³/mol. The summed E-state index contributed by atoms with van der Waals surface area (Å²) in [5.41, 5.74) is -0.220. The molecule has 0 amide bonds. The molecule has 2 saturated heterocycles. The highest BCUT2D eigenvalue weighted by Gasteiger charge is 2.56. The molecule has 2 atom stereocenters. The summed E-state index contributed by atoms with van der Waals surface area (Å²) in [6.45, 7) is 11.3. The summed E-state index contributed by atoms with van der Waals surface area (Å²) in [5.74, 6) is -0.232. The molecule has 2 unspecified atom stereocenters. The number of halogens is 3. The summed E-state index contributed by atoms with van der Waals surface area (Å²) < 4.78 is 56.3. The van der Waals surface area contributed by atoms with Gasteiger partial charge in [0.1, 0.15) is 0 Å². The Hall–Kier alpha value is -3.11. The average Bonchev–Trinajstić information content (AvgIpc) is 3.39. The zero-order chi connectivity index (χ0) is 31.2. The third-order valence-electron chi connectivity index (χ3n) is 9.69. The number of nitrogens with zero attached hydrogens (tertiary/aromatic N) is 3. The van der Waals surface area contributed by atoms with Crippen LogP contribution in [0.5, 0.6) is 0 Å². The van der Waals surface area contributed by atoms with Crippen LogP contribution >= 0.6 is 0 Å². The maximum Gasteiger partial charge on any atom is 0.416 e. The third kappa shape index (κ3) is 5.48. The van der Waals surface area contributed by atoms with Crippen molar-refractivity contribution in [3.63, 3.8) is 0 Å². The van der Waals surface area contributed by atoms with Crippen molar-refractivity contribution in [1.29, 1.82) is 0 Å². The highest BCUT2D eigenvalue weighted by molar-refractivity contribution is 6.99. The molecule has 44 heavy (non-hydrogen) atoms. The van der Waals surface area contributed by atoms with Gasteiger partial charge in [-0.3, -0.25) is 4.90 Å². The molecular weight excluding hydrogens is 579 g/mol. The summed E-state index contributed by atoms with van der Waals surface area (Å²) in [6.07, 6.45) is 0.443. The fourth-order valence-electron chi connectivity index (χ4n) is 7.29. The van der Waals surface area contributed by atoms with E-state index in [-0.39, 0.29) is 17.1 Å². The molecule has 0 spiro atoms. The highest BCUT2D eigenvalue weighted by Crippen LogP contribution is 2.44. The first-order valence-electron chi connectivity index (χ1n) is 15.3. The van der Waals surface area contributed by atoms with Gasteiger partial charge in [0.05, 0.1) is 35.9 Å². The second-order valence-electron chi connectivity index (χ2n) is 13.4. The van der Waals surface area contributed by atoms with Gasteiger partial charge in [-0.2, -0.15) is 13.2 Å². The maximum atomic E-state index is 14.2. The SMILES string of the molecule is CC1(N2CCC(c3cc4n[c]ncc4cc3C(F)(F)F)CC2)COCC1O[Si](c1ccccc1)(c1ccccc1)C(C)(C)C. The van der Waals surface area contributed by atoms with Crippen LogP contribution in [0.15, 0.2) is 79.0 Å². The highest BCUT2D eigenvalue weighted by atomic mass is 28.4. The van der Waals surface area contributed by atoms with Crippen molar-refractivity contribution >= 4 is 29.6 Å². The van der Waals surface area contributed by atoms with Gasteiger partial charge in [-0.1, -0.05) is 81.4 Å². The van der Waals surface area contributed by atoms with E-state index in [0.717, 1.165) is 0 Å². The third-order valence-corrected chi connectivity index (χ3v) is 14.7. The quantitative estimate of drug-likeness (QED) is 0.236. The average molecular weight is 619 g/mol. The van der Waals surface area contributed by atoms with Gasteiger partial charge in [0.15, 0.2) is 6.33 Å². The number of alkyl halides is 3. The number of fused-ring (bicyclic) bond motifs is 1. The molecule has 9 heteroatoms. The lowest BCUT2D eigenvalue weighted by Crippen LogP contribution is -2.70. The van der Waals surface area contributed by atoms with Crippen LogP contribution in [0, 0.1) is 6.33 Å². The molecule has 0 N–H and O–H groups in total. The zero-order valence-corrected chi connectivity index (χ0v) is 26.7. The molecule has 0 bridgehead atoms. The van der Waals surface area contributed by atoms with Crippen molar-refractivity contribution in [2.75, 3.05) is 26.3 Å². The molecule has 0 saturated carbocycles. The van der Waals surface area contributed by atoms with E-state index in [0.29, 0.717) is 55.6 Å². The first-order chi connectivity index (χ1) is 20.9. The van der Waals surface area contributed by atoms with E-state index >= 15 is 0 Å². The fourth-order valence-corrected chi connectivity index (χ4v) is 12.1. The van der Waals surface area contributed by atoms with E-state index in [1.54, 1.807) is 6.07 Å². The topological polar surface area (TPSA) is 47.5 Å². The summed E-state index contributed by atoms with van der Waals surface area (Å²) in [6, 6.07) is 23.9. The Morgan fingerprint density at radius 2 is 1.57 bits per heavy atom. The van der Waals surface area contributed by atoms with Gasteiger partial charge in [0.25, 0.3) is 8.32 Å². The van der Waals surface area contributed by atoms with Crippen molar-refractivity contribution < 1.29 is 22.3 Å². The lowest BCUT2D eigenvalue weighted by molar-refractivity contribution is -0.138. The number of piperidine rings is 1. The molecular formula is C35H39F3N3O2Si. The molecule has 3 heterocycles. The van der Waals surface area contributed by atoms with Gasteiger partial charge in [0.2, 0.25) is 0 Å². The second kappa shape index (κ2) is 11.7. The van der Waals surface area contributed by atoms with E-state index in [1.165, 1.54) is 22.6 Å². The van der Waals surface area contributed by atoms with Crippen LogP contribution in [0.2, 0.25) is 5.04 Å². The number of hydrogen-bond donors (Lipinski definition) is 0. The van der Waals surface area contributed by atoms with Crippen molar-refractivity contribution in [3.8, 4) is 0 Å². The summed E-state index contributed by atoms with van der Waals surface area (Å²) in [4.78, 5) is 10.3. The van der Waals surface area contributed by atoms with E-state index in [4.69, 9.17) is 9.16 Å². The molecule has 2 aliphatic heterocycles. The van der Waals surface area contributed by atoms with Crippen molar-refractivity contribution in [2.24, 2.45) is 0 Å². The molecule has 2 fully saturated rings. The summed E-state index contributed by atoms with van der Waals surface area (Å²) in [5, 5.41) is 2.61. The van der Waals surface area contributed by atoms with Gasteiger partial charge >= 0.3 is 6.18 Å². The van der Waals surface area contributed by atoms with Crippen LogP contribution in [0.4, 0.5) is 13.2 Å². The van der Waals surface area contributed by atoms with Crippen LogP contribution in [-0.4, -0.2) is 61.1 Å². The monoisotopic (exact) mass is 618 g/mol. The number of ether oxygens (including phenoxy) is 1. The van der Waals surface area contributed by atoms with Crippen molar-refractivity contribution in [1.82, 2.24) is 14.9 Å². The van der Waals surface area contributed by atoms with Gasteiger partial charge in [-0.05, 0) is 71.9 Å². The Balaban J connectivity index is 1.30. The molecule has 1 radical (unpaired) electrons. The molecule has 4 aromatic rings. The lowest BCUT2D eigenvalue weighted by Gasteiger charge is -2.50. The Bertz CT molecular complexity index is 1550. The standard InChI is InChI=1S/C35H39F3N3O2Si/c1-33(2,3)44(27-11-7-5-8-12-27,28-13-9-6-10-14-28)43-32-22-42-23-34(32,4)41-17-15-25(16-18-41)29-20-31-26(21-39-24-40-31)19-30(29)35(36,37)38/h5-14,19-21,25,32H,15-18,22-23H2,1-4H3. The first kappa shape index (κ1) is 30.9. The van der Waals surface area contributed by atoms with Gasteiger partial charge in [0, 0.05) is 11.6 Å². The van der Waals surface area contributed by atoms with Crippen LogP contribution in [0.25, 0.3) is 10.9 Å². The minimum atomic E-state index is -4.46. The molecule has 231 valence electrons. The van der Waals surface area contributed by atoms with Crippen LogP contribution < -0.4 is 10.4 Å². The maximum absolute atomic E-state index is 14.2. The van der Waals surface area contributed by atoms with E-state index in [9.17, 15) is 13.2 Å². The van der Waals surface area contributed by atoms with Gasteiger partial charge in [-0.15, -0.1) is 0 Å². The molecule has 2 aliphatic rings. The number of rotatable bonds is 6. The van der Waals surface area contributed by atoms with Crippen molar-refractivity contribution in [3.05, 3.63) is 96.4 Å². The van der Waals surface area contributed by atoms with E-state index < -0.39 is 25.6 Å². The van der Waals surface area contributed by atoms with Gasteiger partial charge < -0.3 is 9.16 Å². The number of likely N-dealkylation sites (tertiary alicyclic amines) is 1. The lowest BCUT2D eigenvalue weighted by atomic mass is 9.83. The van der Waals surface area contributed by atoms with Crippen molar-refractivity contribution in [2.45, 2.75) is 69.3 Å². The van der Waals surface area contributed by atoms with E-state index in [1.807, 2.05) is 12.1 Å². The second-order valence-corrected chi connectivity index (χ2v) is 17.6. The minimum absolute atomic E-state index is 0.183. The van der Waals surface area contributed by atoms with Crippen LogP contribution in [0.3, 0.4) is 0 Å². The Labute approximate surface area is 258 Å². The zero-order valence-electron chi connectivity index (χ0n) is 25.7. The molecule has 6 rings (SSSR count). The summed E-state index contributed by atoms with van der Waals surface area (Å²) >= 11 is 0. The number of hydrogen-bond acceptors (Lipinski definition) is 5. The number of aromatic nitrogens is 2. The molecule has 5 nitrogen and oxygen atoms in total. The Kier molecular flexibility index (Phi) is 8.20. The minimum Gasteiger partial charge on any atom is -0.400 e. The van der Waals surface area contributed by atoms with Crippen LogP contribution in [-0.2, 0) is 15.3 Å². The fraction of sp³-hybridized carbons (Fsp3) is 0.429. The van der Waals surface area contributed by atoms with Crippen LogP contribution in [0.1, 0.15) is 57.6 Å². The molecule has 3 aromatic carbocycles. The summed E-state index contributed by atoms with van der Waals surface area (Å²) in [7, 11) is -2.83. The predicted octanol–water partition coefficient (Wildman–Crippen LogP) is 6.36. The Morgan fingerprint density at radius 3 is 2.14 bits per heavy atom. The molecule has 0 aliphatic carbocycles.